The number of carboxylic acid groups (broad SMARTS) is 1. The van der Waals surface area contributed by atoms with Crippen molar-refractivity contribution in [3.8, 4) is 10.8 Å². The molecule has 1 N–H and O–H groups in total. The number of carboxylic acids is 1. The summed E-state index contributed by atoms with van der Waals surface area (Å²) in [7, 11) is 1.33. The molecule has 0 amide bonds. The fraction of sp³-hybridized carbons (Fsp3) is 0.278. The van der Waals surface area contributed by atoms with Crippen molar-refractivity contribution in [1.29, 1.82) is 0 Å². The zero-order valence-electron chi connectivity index (χ0n) is 14.5. The molecule has 3 rings (SSSR count). The van der Waals surface area contributed by atoms with E-state index in [1.165, 1.54) is 25.3 Å². The van der Waals surface area contributed by atoms with Crippen LogP contribution in [-0.2, 0) is 17.8 Å². The predicted octanol–water partition coefficient (Wildman–Crippen LogP) is 4.44. The number of hydrogen-bond acceptors (Lipinski definition) is 4. The lowest BCUT2D eigenvalue weighted by Crippen LogP contribution is -2.04. The molecule has 0 atom stereocenters. The first kappa shape index (κ1) is 19.1. The van der Waals surface area contributed by atoms with Crippen LogP contribution in [0, 0.1) is 12.7 Å². The van der Waals surface area contributed by atoms with Gasteiger partial charge in [-0.2, -0.15) is 8.78 Å². The Balaban J connectivity index is 2.08. The zero-order valence-corrected chi connectivity index (χ0v) is 15.3. The lowest BCUT2D eigenvalue weighted by Gasteiger charge is -2.08. The highest BCUT2D eigenvalue weighted by Crippen LogP contribution is 2.33. The number of halogens is 3. The van der Waals surface area contributed by atoms with E-state index in [2.05, 4.69) is 4.74 Å². The maximum Gasteiger partial charge on any atom is 0.388 e. The highest BCUT2D eigenvalue weighted by Gasteiger charge is 2.20. The molecule has 1 aromatic carbocycles. The number of benzene rings is 1. The van der Waals surface area contributed by atoms with E-state index in [1.54, 1.807) is 16.9 Å². The molecule has 0 radical (unpaired) electrons. The number of hydrogen-bond donors (Lipinski definition) is 1. The van der Waals surface area contributed by atoms with Gasteiger partial charge in [0.15, 0.2) is 16.6 Å². The molecule has 0 saturated carbocycles. The van der Waals surface area contributed by atoms with Crippen LogP contribution in [0.5, 0.6) is 10.8 Å². The molecule has 0 saturated heterocycles. The van der Waals surface area contributed by atoms with E-state index >= 15 is 0 Å². The Labute approximate surface area is 156 Å². The summed E-state index contributed by atoms with van der Waals surface area (Å²) in [5.41, 5.74) is 2.40. The fourth-order valence-electron chi connectivity index (χ4n) is 3.05. The zero-order chi connectivity index (χ0) is 19.7. The van der Waals surface area contributed by atoms with E-state index in [0.717, 1.165) is 11.3 Å². The molecule has 0 aliphatic rings. The van der Waals surface area contributed by atoms with Crippen LogP contribution in [0.3, 0.4) is 0 Å². The van der Waals surface area contributed by atoms with Crippen molar-refractivity contribution in [3.63, 3.8) is 0 Å². The SMILES string of the molecule is COc1cc2c(CC(=O)O)c(C)n(Cc3csc(OC(F)F)c3)c2cc1F. The second-order valence-corrected chi connectivity index (χ2v) is 6.75. The van der Waals surface area contributed by atoms with Crippen molar-refractivity contribution in [2.75, 3.05) is 7.11 Å². The Morgan fingerprint density at radius 3 is 2.70 bits per heavy atom. The number of rotatable bonds is 7. The third-order valence-corrected chi connectivity index (χ3v) is 5.10. The summed E-state index contributed by atoms with van der Waals surface area (Å²) < 4.78 is 50.1. The number of aliphatic carboxylic acids is 1. The summed E-state index contributed by atoms with van der Waals surface area (Å²) in [6.07, 6.45) is -0.229. The summed E-state index contributed by atoms with van der Waals surface area (Å²) in [4.78, 5) is 11.3. The first-order valence-corrected chi connectivity index (χ1v) is 8.77. The van der Waals surface area contributed by atoms with Crippen molar-refractivity contribution in [1.82, 2.24) is 4.57 Å². The third kappa shape index (κ3) is 3.87. The molecule has 9 heteroatoms. The van der Waals surface area contributed by atoms with Gasteiger partial charge in [-0.05, 0) is 35.6 Å². The molecule has 0 fully saturated rings. The first-order chi connectivity index (χ1) is 12.8. The molecule has 144 valence electrons. The fourth-order valence-corrected chi connectivity index (χ4v) is 3.81. The van der Waals surface area contributed by atoms with Crippen molar-refractivity contribution in [3.05, 3.63) is 46.2 Å². The van der Waals surface area contributed by atoms with Crippen LogP contribution < -0.4 is 9.47 Å². The van der Waals surface area contributed by atoms with E-state index in [4.69, 9.17) is 4.74 Å². The average Bonchev–Trinajstić information content (AvgIpc) is 3.11. The third-order valence-electron chi connectivity index (χ3n) is 4.23. The Morgan fingerprint density at radius 1 is 1.33 bits per heavy atom. The van der Waals surface area contributed by atoms with Crippen molar-refractivity contribution >= 4 is 28.2 Å². The molecular formula is C18H16F3NO4S. The van der Waals surface area contributed by atoms with Gasteiger partial charge in [-0.3, -0.25) is 4.79 Å². The summed E-state index contributed by atoms with van der Waals surface area (Å²) in [6, 6.07) is 4.25. The maximum atomic E-state index is 14.2. The number of aromatic nitrogens is 1. The Kier molecular flexibility index (Phi) is 5.31. The van der Waals surface area contributed by atoms with Crippen LogP contribution >= 0.6 is 11.3 Å². The average molecular weight is 399 g/mol. The van der Waals surface area contributed by atoms with Crippen molar-refractivity contribution in [2.24, 2.45) is 0 Å². The van der Waals surface area contributed by atoms with Crippen molar-refractivity contribution in [2.45, 2.75) is 26.5 Å². The van der Waals surface area contributed by atoms with Crippen LogP contribution in [0.1, 0.15) is 16.8 Å². The summed E-state index contributed by atoms with van der Waals surface area (Å²) >= 11 is 1.03. The summed E-state index contributed by atoms with van der Waals surface area (Å²) in [6.45, 7) is -0.906. The number of thiophene rings is 1. The number of methoxy groups -OCH3 is 1. The van der Waals surface area contributed by atoms with Crippen LogP contribution in [-0.4, -0.2) is 29.4 Å². The van der Waals surface area contributed by atoms with Gasteiger partial charge in [0.25, 0.3) is 0 Å². The molecule has 5 nitrogen and oxygen atoms in total. The topological polar surface area (TPSA) is 60.7 Å². The monoisotopic (exact) mass is 399 g/mol. The van der Waals surface area contributed by atoms with Gasteiger partial charge >= 0.3 is 12.6 Å². The molecule has 0 aliphatic carbocycles. The minimum atomic E-state index is -2.91. The maximum absolute atomic E-state index is 14.2. The lowest BCUT2D eigenvalue weighted by atomic mass is 10.1. The highest BCUT2D eigenvalue weighted by molar-refractivity contribution is 7.12. The highest BCUT2D eigenvalue weighted by atomic mass is 32.1. The van der Waals surface area contributed by atoms with Gasteiger partial charge in [0.05, 0.1) is 19.0 Å². The van der Waals surface area contributed by atoms with Gasteiger partial charge in [-0.1, -0.05) is 0 Å². The van der Waals surface area contributed by atoms with Crippen molar-refractivity contribution < 1.29 is 32.5 Å². The van der Waals surface area contributed by atoms with Crippen LogP contribution in [0.2, 0.25) is 0 Å². The minimum Gasteiger partial charge on any atom is -0.494 e. The van der Waals surface area contributed by atoms with Gasteiger partial charge in [-0.25, -0.2) is 4.39 Å². The molecule has 0 bridgehead atoms. The number of nitrogens with zero attached hydrogens (tertiary/aromatic N) is 1. The van der Waals surface area contributed by atoms with Gasteiger partial charge in [0, 0.05) is 23.7 Å². The minimum absolute atomic E-state index is 0.0226. The molecular weight excluding hydrogens is 383 g/mol. The second-order valence-electron chi connectivity index (χ2n) is 5.88. The summed E-state index contributed by atoms with van der Waals surface area (Å²) in [5, 5.41) is 11.5. The molecule has 0 unspecified atom stereocenters. The molecule has 2 heterocycles. The molecule has 0 spiro atoms. The first-order valence-electron chi connectivity index (χ1n) is 7.89. The van der Waals surface area contributed by atoms with Gasteiger partial charge in [-0.15, -0.1) is 11.3 Å². The quantitative estimate of drug-likeness (QED) is 0.638. The van der Waals surface area contributed by atoms with E-state index < -0.39 is 18.4 Å². The molecule has 27 heavy (non-hydrogen) atoms. The van der Waals surface area contributed by atoms with E-state index in [-0.39, 0.29) is 23.8 Å². The van der Waals surface area contributed by atoms with E-state index in [9.17, 15) is 23.1 Å². The molecule has 0 aliphatic heterocycles. The number of fused-ring (bicyclic) bond motifs is 1. The normalized spacial score (nSPS) is 11.3. The molecule has 2 aromatic heterocycles. The van der Waals surface area contributed by atoms with E-state index in [0.29, 0.717) is 27.7 Å². The number of carbonyl (C=O) groups is 1. The van der Waals surface area contributed by atoms with Crippen LogP contribution in [0.15, 0.2) is 23.6 Å². The van der Waals surface area contributed by atoms with Crippen LogP contribution in [0.25, 0.3) is 10.9 Å². The second kappa shape index (κ2) is 7.51. The summed E-state index contributed by atoms with van der Waals surface area (Å²) in [5.74, 6) is -1.56. The Bertz CT molecular complexity index is 996. The predicted molar refractivity (Wildman–Crippen MR) is 94.6 cm³/mol. The Hall–Kier alpha value is -2.68. The number of alkyl halides is 2. The van der Waals surface area contributed by atoms with Gasteiger partial charge < -0.3 is 19.1 Å². The van der Waals surface area contributed by atoms with Crippen LogP contribution in [0.4, 0.5) is 13.2 Å². The largest absolute Gasteiger partial charge is 0.494 e. The van der Waals surface area contributed by atoms with Gasteiger partial charge in [0.1, 0.15) is 0 Å². The lowest BCUT2D eigenvalue weighted by molar-refractivity contribution is -0.136. The number of ether oxygens (including phenoxy) is 2. The van der Waals surface area contributed by atoms with Gasteiger partial charge in [0.2, 0.25) is 0 Å². The standard InChI is InChI=1S/C18H16F3NO4S/c1-9-11(5-16(23)24)12-4-15(25-2)13(19)6-14(12)22(9)7-10-3-17(27-8-10)26-18(20)21/h3-4,6,8,18H,5,7H2,1-2H3,(H,23,24). The smallest absolute Gasteiger partial charge is 0.388 e. The van der Waals surface area contributed by atoms with E-state index in [1.807, 2.05) is 0 Å². The molecule has 3 aromatic rings. The Morgan fingerprint density at radius 2 is 2.07 bits per heavy atom.